The maximum Gasteiger partial charge on any atom is 0.410 e. The van der Waals surface area contributed by atoms with Gasteiger partial charge in [0.25, 0.3) is 0 Å². The number of hydrogen-bond donors (Lipinski definition) is 1. The van der Waals surface area contributed by atoms with Crippen LogP contribution in [0, 0.1) is 0 Å². The summed E-state index contributed by atoms with van der Waals surface area (Å²) in [6.45, 7) is 9.58. The number of pyridine rings is 2. The number of amides is 2. The van der Waals surface area contributed by atoms with Crippen molar-refractivity contribution in [3.8, 4) is 0 Å². The average Bonchev–Trinajstić information content (AvgIpc) is 3.28. The number of aromatic nitrogens is 2. The van der Waals surface area contributed by atoms with Crippen LogP contribution in [-0.4, -0.2) is 85.1 Å². The second-order valence-electron chi connectivity index (χ2n) is 11.6. The molecular formula is C31H40N4O7. The molecule has 0 aromatic carbocycles. The number of anilines is 1. The largest absolute Gasteiger partial charge is 0.462 e. The van der Waals surface area contributed by atoms with E-state index in [-0.39, 0.29) is 12.0 Å². The molecule has 1 N–H and O–H groups in total. The number of likely N-dealkylation sites (N-methyl/N-ethyl adjacent to an activating group) is 1. The predicted molar refractivity (Wildman–Crippen MR) is 156 cm³/mol. The number of esters is 1. The third-order valence-corrected chi connectivity index (χ3v) is 7.02. The van der Waals surface area contributed by atoms with Crippen LogP contribution in [-0.2, 0) is 42.0 Å². The molecule has 0 saturated carbocycles. The summed E-state index contributed by atoms with van der Waals surface area (Å²) in [4.78, 5) is 47.4. The van der Waals surface area contributed by atoms with E-state index in [9.17, 15) is 14.4 Å². The molecule has 42 heavy (non-hydrogen) atoms. The van der Waals surface area contributed by atoms with Crippen LogP contribution in [0.15, 0.2) is 30.6 Å². The summed E-state index contributed by atoms with van der Waals surface area (Å²) in [5, 5.41) is 2.90. The number of ether oxygens (including phenoxy) is 4. The molecule has 0 bridgehead atoms. The van der Waals surface area contributed by atoms with Gasteiger partial charge in [0.2, 0.25) is 5.91 Å². The lowest BCUT2D eigenvalue weighted by Crippen LogP contribution is -2.38. The van der Waals surface area contributed by atoms with Crippen molar-refractivity contribution in [2.24, 2.45) is 0 Å². The van der Waals surface area contributed by atoms with Gasteiger partial charge in [-0.05, 0) is 57.4 Å². The first-order valence-electron chi connectivity index (χ1n) is 14.2. The quantitative estimate of drug-likeness (QED) is 0.310. The highest BCUT2D eigenvalue weighted by Gasteiger charge is 2.46. The van der Waals surface area contributed by atoms with Crippen LogP contribution in [0.3, 0.4) is 0 Å². The maximum atomic E-state index is 12.6. The summed E-state index contributed by atoms with van der Waals surface area (Å²) >= 11 is 0. The summed E-state index contributed by atoms with van der Waals surface area (Å²) in [6.07, 6.45) is 8.23. The highest BCUT2D eigenvalue weighted by atomic mass is 16.6. The number of nitrogens with one attached hydrogen (secondary N) is 1. The number of carbonyl (C=O) groups excluding carboxylic acids is 3. The highest BCUT2D eigenvalue weighted by molar-refractivity contribution is 5.95. The Balaban J connectivity index is 1.28. The fourth-order valence-electron chi connectivity index (χ4n) is 5.08. The molecule has 2 aromatic rings. The molecule has 4 rings (SSSR count). The van der Waals surface area contributed by atoms with E-state index in [1.54, 1.807) is 26.4 Å². The van der Waals surface area contributed by atoms with E-state index in [4.69, 9.17) is 18.9 Å². The lowest BCUT2D eigenvalue weighted by atomic mass is 9.73. The second kappa shape index (κ2) is 13.4. The van der Waals surface area contributed by atoms with E-state index in [1.165, 1.54) is 4.90 Å². The molecule has 0 saturated heterocycles. The molecule has 2 aliphatic rings. The van der Waals surface area contributed by atoms with Crippen molar-refractivity contribution < 1.29 is 33.3 Å². The molecule has 3 heterocycles. The fourth-order valence-corrected chi connectivity index (χ4v) is 5.08. The van der Waals surface area contributed by atoms with Gasteiger partial charge in [-0.3, -0.25) is 9.78 Å². The van der Waals surface area contributed by atoms with Gasteiger partial charge in [-0.25, -0.2) is 14.6 Å². The van der Waals surface area contributed by atoms with Crippen molar-refractivity contribution >= 4 is 29.9 Å². The van der Waals surface area contributed by atoms with Gasteiger partial charge in [0, 0.05) is 55.5 Å². The predicted octanol–water partition coefficient (Wildman–Crippen LogP) is 3.95. The minimum absolute atomic E-state index is 0.0798. The van der Waals surface area contributed by atoms with Crippen molar-refractivity contribution in [2.75, 3.05) is 51.9 Å². The Bertz CT molecular complexity index is 1340. The molecular weight excluding hydrogens is 540 g/mol. The Kier molecular flexibility index (Phi) is 9.95. The molecule has 2 aromatic heterocycles. The Morgan fingerprint density at radius 1 is 1.07 bits per heavy atom. The highest BCUT2D eigenvalue weighted by Crippen LogP contribution is 2.46. The molecule has 1 atom stereocenters. The maximum absolute atomic E-state index is 12.6. The van der Waals surface area contributed by atoms with E-state index < -0.39 is 17.0 Å². The summed E-state index contributed by atoms with van der Waals surface area (Å²) in [6, 6.07) is 3.89. The number of fused-ring (bicyclic) bond motifs is 3. The zero-order valence-corrected chi connectivity index (χ0v) is 25.0. The molecule has 1 aliphatic heterocycles. The molecule has 2 amide bonds. The third kappa shape index (κ3) is 7.92. The van der Waals surface area contributed by atoms with Gasteiger partial charge in [-0.2, -0.15) is 0 Å². The van der Waals surface area contributed by atoms with E-state index in [2.05, 4.69) is 21.4 Å². The molecule has 1 spiro atoms. The van der Waals surface area contributed by atoms with E-state index >= 15 is 0 Å². The summed E-state index contributed by atoms with van der Waals surface area (Å²) in [7, 11) is 1.68. The minimum Gasteiger partial charge on any atom is -0.462 e. The third-order valence-electron chi connectivity index (χ3n) is 7.02. The first kappa shape index (κ1) is 31.1. The number of nitrogens with zero attached hydrogens (tertiary/aromatic N) is 3. The van der Waals surface area contributed by atoms with Gasteiger partial charge < -0.3 is 29.2 Å². The minimum atomic E-state index is -0.531. The van der Waals surface area contributed by atoms with Crippen molar-refractivity contribution in [3.05, 3.63) is 58.6 Å². The van der Waals surface area contributed by atoms with Crippen molar-refractivity contribution in [1.82, 2.24) is 14.9 Å². The van der Waals surface area contributed by atoms with Crippen LogP contribution in [0.4, 0.5) is 10.6 Å². The van der Waals surface area contributed by atoms with Crippen LogP contribution < -0.4 is 5.32 Å². The van der Waals surface area contributed by atoms with Gasteiger partial charge in [0.15, 0.2) is 0 Å². The Labute approximate surface area is 246 Å². The monoisotopic (exact) mass is 580 g/mol. The first-order chi connectivity index (χ1) is 20.0. The average molecular weight is 581 g/mol. The molecule has 1 aliphatic carbocycles. The van der Waals surface area contributed by atoms with Gasteiger partial charge in [0.05, 0.1) is 38.6 Å². The zero-order chi connectivity index (χ0) is 30.3. The summed E-state index contributed by atoms with van der Waals surface area (Å²) in [5.74, 6) is 0.0839. The van der Waals surface area contributed by atoms with E-state index in [0.29, 0.717) is 70.2 Å². The lowest BCUT2D eigenvalue weighted by Gasteiger charge is -2.34. The number of hydrogen-bond acceptors (Lipinski definition) is 9. The van der Waals surface area contributed by atoms with Gasteiger partial charge in [0.1, 0.15) is 11.4 Å². The molecule has 226 valence electrons. The van der Waals surface area contributed by atoms with Gasteiger partial charge in [-0.15, -0.1) is 0 Å². The fraction of sp³-hybridized carbons (Fsp3) is 0.516. The Morgan fingerprint density at radius 2 is 1.86 bits per heavy atom. The van der Waals surface area contributed by atoms with Crippen LogP contribution >= 0.6 is 0 Å². The normalized spacial score (nSPS) is 17.6. The standard InChI is InChI=1S/C31H40N4O7/c1-6-41-28(37)23-15-22-16-31(17-25(22)32-20-23)18-26(36)34-27-24(31)14-21(19-33-27)8-7-10-39-12-13-40-11-9-35(5)29(38)42-30(2,3)4/h7-8,14-15,19-20H,6,9-13,16-18H2,1-5H3,(H,33,34,36)/b8-7+/t31-/m1/s1. The molecule has 11 heteroatoms. The smallest absolute Gasteiger partial charge is 0.410 e. The van der Waals surface area contributed by atoms with E-state index in [1.807, 2.05) is 39.0 Å². The van der Waals surface area contributed by atoms with Crippen molar-refractivity contribution in [2.45, 2.75) is 58.0 Å². The molecule has 0 unspecified atom stereocenters. The molecule has 11 nitrogen and oxygen atoms in total. The van der Waals surface area contributed by atoms with Crippen LogP contribution in [0.2, 0.25) is 0 Å². The molecule has 0 radical (unpaired) electrons. The van der Waals surface area contributed by atoms with Crippen LogP contribution in [0.5, 0.6) is 0 Å². The lowest BCUT2D eigenvalue weighted by molar-refractivity contribution is -0.117. The number of carbonyl (C=O) groups is 3. The Morgan fingerprint density at radius 3 is 2.62 bits per heavy atom. The second-order valence-corrected chi connectivity index (χ2v) is 11.6. The number of rotatable bonds is 11. The van der Waals surface area contributed by atoms with E-state index in [0.717, 1.165) is 22.4 Å². The Hall–Kier alpha value is -3.83. The SMILES string of the molecule is CCOC(=O)c1cnc2c(c1)C[C@]1(CC(=O)Nc3ncc(/C=C/COCCOCCN(C)C(=O)OC(C)(C)C)cc31)C2. The summed E-state index contributed by atoms with van der Waals surface area (Å²) in [5.41, 5.74) is 3.11. The zero-order valence-electron chi connectivity index (χ0n) is 25.0. The van der Waals surface area contributed by atoms with Crippen molar-refractivity contribution in [1.29, 1.82) is 0 Å². The summed E-state index contributed by atoms with van der Waals surface area (Å²) < 4.78 is 21.6. The topological polar surface area (TPSA) is 129 Å². The van der Waals surface area contributed by atoms with Gasteiger partial charge >= 0.3 is 12.1 Å². The van der Waals surface area contributed by atoms with Gasteiger partial charge in [-0.1, -0.05) is 12.2 Å². The molecule has 0 fully saturated rings. The van der Waals surface area contributed by atoms with Crippen molar-refractivity contribution in [3.63, 3.8) is 0 Å². The van der Waals surface area contributed by atoms with Crippen LogP contribution in [0.25, 0.3) is 6.08 Å². The van der Waals surface area contributed by atoms with Crippen LogP contribution in [0.1, 0.15) is 66.9 Å². The first-order valence-corrected chi connectivity index (χ1v) is 14.2.